The number of piperazine rings is 1. The van der Waals surface area contributed by atoms with Crippen LogP contribution >= 0.6 is 11.6 Å². The molecule has 2 aliphatic heterocycles. The van der Waals surface area contributed by atoms with Gasteiger partial charge in [0.2, 0.25) is 5.91 Å². The fourth-order valence-electron chi connectivity index (χ4n) is 4.14. The van der Waals surface area contributed by atoms with Crippen molar-refractivity contribution in [3.05, 3.63) is 69.2 Å². The zero-order valence-electron chi connectivity index (χ0n) is 17.9. The van der Waals surface area contributed by atoms with Gasteiger partial charge in [0, 0.05) is 37.3 Å². The molecule has 0 radical (unpaired) electrons. The number of hydrogen-bond acceptors (Lipinski definition) is 6. The van der Waals surface area contributed by atoms with Crippen LogP contribution in [-0.4, -0.2) is 65.3 Å². The number of amides is 4. The number of nitro benzene ring substituents is 1. The van der Waals surface area contributed by atoms with Crippen molar-refractivity contribution < 1.29 is 19.3 Å². The van der Waals surface area contributed by atoms with Crippen LogP contribution in [0.5, 0.6) is 0 Å². The Bertz CT molecular complexity index is 1120. The molecule has 33 heavy (non-hydrogen) atoms. The Hall–Kier alpha value is -3.66. The Balaban J connectivity index is 1.40. The minimum atomic E-state index is -1.28. The summed E-state index contributed by atoms with van der Waals surface area (Å²) in [4.78, 5) is 53.6. The summed E-state index contributed by atoms with van der Waals surface area (Å²) in [5, 5.41) is 14.5. The number of carbonyl (C=O) groups excluding carboxylic acids is 3. The number of hydrogen-bond donors (Lipinski definition) is 1. The summed E-state index contributed by atoms with van der Waals surface area (Å²) in [6.45, 7) is 2.66. The largest absolute Gasteiger partial charge is 0.362 e. The average molecular weight is 472 g/mol. The Morgan fingerprint density at radius 1 is 1.09 bits per heavy atom. The van der Waals surface area contributed by atoms with Gasteiger partial charge in [-0.3, -0.25) is 24.6 Å². The van der Waals surface area contributed by atoms with Crippen molar-refractivity contribution in [1.82, 2.24) is 15.1 Å². The van der Waals surface area contributed by atoms with Gasteiger partial charge in [0.25, 0.3) is 11.6 Å². The van der Waals surface area contributed by atoms with E-state index < -0.39 is 22.4 Å². The molecule has 0 aromatic heterocycles. The van der Waals surface area contributed by atoms with Gasteiger partial charge in [0.15, 0.2) is 0 Å². The highest BCUT2D eigenvalue weighted by Crippen LogP contribution is 2.30. The summed E-state index contributed by atoms with van der Waals surface area (Å²) in [5.41, 5.74) is -0.203. The highest BCUT2D eigenvalue weighted by molar-refractivity contribution is 6.30. The van der Waals surface area contributed by atoms with Gasteiger partial charge >= 0.3 is 6.03 Å². The Morgan fingerprint density at radius 2 is 1.73 bits per heavy atom. The number of urea groups is 1. The lowest BCUT2D eigenvalue weighted by atomic mass is 9.92. The molecule has 172 valence electrons. The smallest absolute Gasteiger partial charge is 0.325 e. The van der Waals surface area contributed by atoms with E-state index in [1.54, 1.807) is 54.3 Å². The Morgan fingerprint density at radius 3 is 2.36 bits per heavy atom. The number of imide groups is 1. The molecule has 1 atom stereocenters. The molecule has 0 bridgehead atoms. The Labute approximate surface area is 194 Å². The fraction of sp³-hybridized carbons (Fsp3) is 0.318. The van der Waals surface area contributed by atoms with E-state index in [0.29, 0.717) is 42.5 Å². The van der Waals surface area contributed by atoms with Gasteiger partial charge in [0.05, 0.1) is 4.92 Å². The van der Waals surface area contributed by atoms with Gasteiger partial charge < -0.3 is 15.1 Å². The lowest BCUT2D eigenvalue weighted by molar-refractivity contribution is -0.384. The standard InChI is InChI=1S/C22H22ClN5O5/c1-22(15-6-8-16(23)9-7-15)20(30)27(21(31)24-22)14-19(29)26-12-10-25(11-13-26)17-4-2-3-5-18(17)28(32)33/h2-9H,10-14H2,1H3,(H,24,31)/t22-/m1/s1. The number of rotatable bonds is 5. The van der Waals surface area contributed by atoms with Crippen LogP contribution in [0.2, 0.25) is 5.02 Å². The summed E-state index contributed by atoms with van der Waals surface area (Å²) < 4.78 is 0. The number of nitrogens with zero attached hydrogens (tertiary/aromatic N) is 4. The molecule has 0 spiro atoms. The number of anilines is 1. The van der Waals surface area contributed by atoms with E-state index in [2.05, 4.69) is 5.32 Å². The number of carbonyl (C=O) groups is 3. The van der Waals surface area contributed by atoms with E-state index in [0.717, 1.165) is 4.90 Å². The molecule has 1 N–H and O–H groups in total. The number of nitro groups is 1. The number of para-hydroxylation sites is 2. The Kier molecular flexibility index (Phi) is 5.94. The van der Waals surface area contributed by atoms with Gasteiger partial charge in [-0.05, 0) is 30.7 Å². The van der Waals surface area contributed by atoms with Gasteiger partial charge in [-0.15, -0.1) is 0 Å². The number of halogens is 1. The lowest BCUT2D eigenvalue weighted by Crippen LogP contribution is -2.52. The highest BCUT2D eigenvalue weighted by atomic mass is 35.5. The normalized spacial score (nSPS) is 20.7. The van der Waals surface area contributed by atoms with Crippen LogP contribution in [0.15, 0.2) is 48.5 Å². The number of benzene rings is 2. The maximum absolute atomic E-state index is 13.0. The molecule has 0 aliphatic carbocycles. The van der Waals surface area contributed by atoms with E-state index >= 15 is 0 Å². The minimum Gasteiger partial charge on any atom is -0.362 e. The molecule has 2 fully saturated rings. The van der Waals surface area contributed by atoms with Crippen LogP contribution in [0.1, 0.15) is 12.5 Å². The van der Waals surface area contributed by atoms with E-state index in [1.165, 1.54) is 6.07 Å². The average Bonchev–Trinajstić information content (AvgIpc) is 3.03. The fourth-order valence-corrected chi connectivity index (χ4v) is 4.26. The van der Waals surface area contributed by atoms with Gasteiger partial charge in [0.1, 0.15) is 17.8 Å². The predicted molar refractivity (Wildman–Crippen MR) is 121 cm³/mol. The monoisotopic (exact) mass is 471 g/mol. The molecular formula is C22H22ClN5O5. The quantitative estimate of drug-likeness (QED) is 0.406. The third kappa shape index (κ3) is 4.21. The zero-order valence-corrected chi connectivity index (χ0v) is 18.6. The molecule has 4 rings (SSSR count). The summed E-state index contributed by atoms with van der Waals surface area (Å²) in [5.74, 6) is -0.872. The second-order valence-corrected chi connectivity index (χ2v) is 8.50. The van der Waals surface area contributed by atoms with Gasteiger partial charge in [-0.1, -0.05) is 35.9 Å². The van der Waals surface area contributed by atoms with E-state index in [1.807, 2.05) is 4.90 Å². The molecule has 10 nitrogen and oxygen atoms in total. The summed E-state index contributed by atoms with van der Waals surface area (Å²) in [6.07, 6.45) is 0. The third-order valence-corrected chi connectivity index (χ3v) is 6.29. The molecule has 0 saturated carbocycles. The summed E-state index contributed by atoms with van der Waals surface area (Å²) in [7, 11) is 0. The summed E-state index contributed by atoms with van der Waals surface area (Å²) in [6, 6.07) is 12.4. The van der Waals surface area contributed by atoms with E-state index in [-0.39, 0.29) is 18.1 Å². The third-order valence-electron chi connectivity index (χ3n) is 6.04. The van der Waals surface area contributed by atoms with Gasteiger partial charge in [-0.2, -0.15) is 0 Å². The molecule has 2 heterocycles. The molecule has 0 unspecified atom stereocenters. The van der Waals surface area contributed by atoms with Crippen LogP contribution in [-0.2, 0) is 15.1 Å². The first-order valence-corrected chi connectivity index (χ1v) is 10.7. The highest BCUT2D eigenvalue weighted by Gasteiger charge is 2.49. The van der Waals surface area contributed by atoms with Crippen molar-refractivity contribution in [2.45, 2.75) is 12.5 Å². The molecular weight excluding hydrogens is 450 g/mol. The van der Waals surface area contributed by atoms with Crippen LogP contribution < -0.4 is 10.2 Å². The molecule has 4 amide bonds. The van der Waals surface area contributed by atoms with Crippen LogP contribution in [0.4, 0.5) is 16.2 Å². The lowest BCUT2D eigenvalue weighted by Gasteiger charge is -2.36. The van der Waals surface area contributed by atoms with Crippen molar-refractivity contribution in [2.75, 3.05) is 37.6 Å². The maximum Gasteiger partial charge on any atom is 0.325 e. The van der Waals surface area contributed by atoms with Gasteiger partial charge in [-0.25, -0.2) is 4.79 Å². The van der Waals surface area contributed by atoms with Crippen molar-refractivity contribution in [3.63, 3.8) is 0 Å². The zero-order chi connectivity index (χ0) is 23.8. The minimum absolute atomic E-state index is 0.0121. The molecule has 2 saturated heterocycles. The van der Waals surface area contributed by atoms with E-state index in [4.69, 9.17) is 11.6 Å². The van der Waals surface area contributed by atoms with Crippen molar-refractivity contribution in [1.29, 1.82) is 0 Å². The molecule has 2 aliphatic rings. The van der Waals surface area contributed by atoms with E-state index in [9.17, 15) is 24.5 Å². The second-order valence-electron chi connectivity index (χ2n) is 8.07. The summed E-state index contributed by atoms with van der Waals surface area (Å²) >= 11 is 5.92. The first-order valence-electron chi connectivity index (χ1n) is 10.4. The van der Waals surface area contributed by atoms with Crippen LogP contribution in [0, 0.1) is 10.1 Å². The molecule has 11 heteroatoms. The van der Waals surface area contributed by atoms with Crippen LogP contribution in [0.3, 0.4) is 0 Å². The molecule has 2 aromatic rings. The van der Waals surface area contributed by atoms with Crippen LogP contribution in [0.25, 0.3) is 0 Å². The number of nitrogens with one attached hydrogen (secondary N) is 1. The first-order chi connectivity index (χ1) is 15.7. The van der Waals surface area contributed by atoms with Crippen molar-refractivity contribution >= 4 is 40.8 Å². The second kappa shape index (κ2) is 8.70. The van der Waals surface area contributed by atoms with Crippen molar-refractivity contribution in [3.8, 4) is 0 Å². The van der Waals surface area contributed by atoms with Crippen molar-refractivity contribution in [2.24, 2.45) is 0 Å². The SMILES string of the molecule is C[C@]1(c2ccc(Cl)cc2)NC(=O)N(CC(=O)N2CCN(c3ccccc3[N+](=O)[O-])CC2)C1=O. The maximum atomic E-state index is 13.0. The topological polar surface area (TPSA) is 116 Å². The molecule has 2 aromatic carbocycles. The first kappa shape index (κ1) is 22.5. The predicted octanol–water partition coefficient (Wildman–Crippen LogP) is 2.36.